The van der Waals surface area contributed by atoms with Gasteiger partial charge in [0.1, 0.15) is 5.75 Å². The summed E-state index contributed by atoms with van der Waals surface area (Å²) < 4.78 is 5.54. The van der Waals surface area contributed by atoms with Gasteiger partial charge in [0, 0.05) is 5.56 Å². The molecule has 0 aliphatic carbocycles. The summed E-state index contributed by atoms with van der Waals surface area (Å²) in [6, 6.07) is 27.6. The zero-order valence-corrected chi connectivity index (χ0v) is 12.4. The lowest BCUT2D eigenvalue weighted by atomic mass is 9.95. The second-order valence-electron chi connectivity index (χ2n) is 5.43. The summed E-state index contributed by atoms with van der Waals surface area (Å²) >= 11 is 0. The molecule has 0 radical (unpaired) electrons. The third-order valence-electron chi connectivity index (χ3n) is 4.14. The molecule has 0 saturated carbocycles. The lowest BCUT2D eigenvalue weighted by molar-refractivity contribution is 0.416. The maximum absolute atomic E-state index is 5.54. The molecule has 0 aliphatic rings. The predicted molar refractivity (Wildman–Crippen MR) is 93.4 cm³/mol. The van der Waals surface area contributed by atoms with Gasteiger partial charge in [0.25, 0.3) is 0 Å². The molecule has 0 spiro atoms. The Bertz CT molecular complexity index is 970. The van der Waals surface area contributed by atoms with Crippen LogP contribution in [0, 0.1) is 0 Å². The molecular formula is C21H16O. The Kier molecular flexibility index (Phi) is 3.05. The zero-order valence-electron chi connectivity index (χ0n) is 12.4. The Morgan fingerprint density at radius 2 is 1.23 bits per heavy atom. The van der Waals surface area contributed by atoms with Gasteiger partial charge in [-0.25, -0.2) is 0 Å². The molecule has 0 unspecified atom stereocenters. The van der Waals surface area contributed by atoms with Gasteiger partial charge in [0.05, 0.1) is 7.11 Å². The number of fused-ring (bicyclic) bond motifs is 2. The Balaban J connectivity index is 2.07. The van der Waals surface area contributed by atoms with Gasteiger partial charge >= 0.3 is 0 Å². The molecule has 0 bridgehead atoms. The van der Waals surface area contributed by atoms with Crippen molar-refractivity contribution in [3.63, 3.8) is 0 Å². The van der Waals surface area contributed by atoms with E-state index in [2.05, 4.69) is 66.7 Å². The molecule has 4 aromatic carbocycles. The second-order valence-corrected chi connectivity index (χ2v) is 5.43. The molecule has 106 valence electrons. The monoisotopic (exact) mass is 284 g/mol. The first-order valence-corrected chi connectivity index (χ1v) is 7.42. The molecule has 22 heavy (non-hydrogen) atoms. The summed E-state index contributed by atoms with van der Waals surface area (Å²) in [6.45, 7) is 0. The van der Waals surface area contributed by atoms with E-state index in [1.165, 1.54) is 27.1 Å². The van der Waals surface area contributed by atoms with Crippen molar-refractivity contribution in [1.82, 2.24) is 0 Å². The van der Waals surface area contributed by atoms with E-state index >= 15 is 0 Å². The van der Waals surface area contributed by atoms with Crippen molar-refractivity contribution in [1.29, 1.82) is 0 Å². The highest BCUT2D eigenvalue weighted by molar-refractivity contribution is 6.05. The lowest BCUT2D eigenvalue weighted by Gasteiger charge is -2.12. The molecule has 0 saturated heterocycles. The minimum Gasteiger partial charge on any atom is -0.496 e. The van der Waals surface area contributed by atoms with E-state index in [-0.39, 0.29) is 0 Å². The SMILES string of the molecule is COc1ccccc1-c1cccc2cc3ccccc3cc12. The van der Waals surface area contributed by atoms with Gasteiger partial charge in [0.2, 0.25) is 0 Å². The number of hydrogen-bond acceptors (Lipinski definition) is 1. The van der Waals surface area contributed by atoms with Gasteiger partial charge in [-0.15, -0.1) is 0 Å². The van der Waals surface area contributed by atoms with Crippen LogP contribution in [0.25, 0.3) is 32.7 Å². The molecule has 0 N–H and O–H groups in total. The quantitative estimate of drug-likeness (QED) is 0.431. The molecule has 1 nitrogen and oxygen atoms in total. The van der Waals surface area contributed by atoms with Crippen molar-refractivity contribution in [2.45, 2.75) is 0 Å². The zero-order chi connectivity index (χ0) is 14.9. The minimum absolute atomic E-state index is 0.906. The maximum atomic E-state index is 5.54. The van der Waals surface area contributed by atoms with E-state index in [1.54, 1.807) is 7.11 Å². The second kappa shape index (κ2) is 5.19. The van der Waals surface area contributed by atoms with Crippen molar-refractivity contribution >= 4 is 21.5 Å². The molecule has 0 aromatic heterocycles. The van der Waals surface area contributed by atoms with E-state index < -0.39 is 0 Å². The fourth-order valence-electron chi connectivity index (χ4n) is 3.07. The van der Waals surface area contributed by atoms with Crippen molar-refractivity contribution < 1.29 is 4.74 Å². The van der Waals surface area contributed by atoms with Gasteiger partial charge in [-0.1, -0.05) is 60.7 Å². The third-order valence-corrected chi connectivity index (χ3v) is 4.14. The molecule has 0 fully saturated rings. The molecule has 0 atom stereocenters. The van der Waals surface area contributed by atoms with Crippen LogP contribution in [0.3, 0.4) is 0 Å². The molecule has 0 aliphatic heterocycles. The minimum atomic E-state index is 0.906. The van der Waals surface area contributed by atoms with Crippen LogP contribution in [0.4, 0.5) is 0 Å². The molecule has 0 heterocycles. The Morgan fingerprint density at radius 1 is 0.591 bits per heavy atom. The average Bonchev–Trinajstić information content (AvgIpc) is 2.59. The smallest absolute Gasteiger partial charge is 0.126 e. The summed E-state index contributed by atoms with van der Waals surface area (Å²) in [6.07, 6.45) is 0. The molecule has 4 aromatic rings. The summed E-state index contributed by atoms with van der Waals surface area (Å²) in [5, 5.41) is 5.04. The van der Waals surface area contributed by atoms with Crippen LogP contribution in [0.2, 0.25) is 0 Å². The number of benzene rings is 4. The Morgan fingerprint density at radius 3 is 2.05 bits per heavy atom. The number of rotatable bonds is 2. The summed E-state index contributed by atoms with van der Waals surface area (Å²) in [7, 11) is 1.72. The summed E-state index contributed by atoms with van der Waals surface area (Å²) in [5.41, 5.74) is 2.34. The van der Waals surface area contributed by atoms with Gasteiger partial charge in [-0.3, -0.25) is 0 Å². The first kappa shape index (κ1) is 12.9. The largest absolute Gasteiger partial charge is 0.496 e. The van der Waals surface area contributed by atoms with Crippen LogP contribution in [0.15, 0.2) is 78.9 Å². The van der Waals surface area contributed by atoms with E-state index in [4.69, 9.17) is 4.74 Å². The van der Waals surface area contributed by atoms with Crippen LogP contribution >= 0.6 is 0 Å². The van der Waals surface area contributed by atoms with Gasteiger partial charge in [0.15, 0.2) is 0 Å². The Hall–Kier alpha value is -2.80. The van der Waals surface area contributed by atoms with Crippen molar-refractivity contribution in [3.8, 4) is 16.9 Å². The first-order chi connectivity index (χ1) is 10.9. The highest BCUT2D eigenvalue weighted by atomic mass is 16.5. The van der Waals surface area contributed by atoms with Gasteiger partial charge in [-0.2, -0.15) is 0 Å². The van der Waals surface area contributed by atoms with Crippen molar-refractivity contribution in [2.24, 2.45) is 0 Å². The fourth-order valence-corrected chi connectivity index (χ4v) is 3.07. The summed E-state index contributed by atoms with van der Waals surface area (Å²) in [5.74, 6) is 0.906. The van der Waals surface area contributed by atoms with E-state index in [1.807, 2.05) is 12.1 Å². The highest BCUT2D eigenvalue weighted by Crippen LogP contribution is 2.36. The van der Waals surface area contributed by atoms with Crippen molar-refractivity contribution in [2.75, 3.05) is 7.11 Å². The normalized spacial score (nSPS) is 11.0. The molecule has 0 amide bonds. The fraction of sp³-hybridized carbons (Fsp3) is 0.0476. The van der Waals surface area contributed by atoms with Crippen LogP contribution in [0.1, 0.15) is 0 Å². The molecular weight excluding hydrogens is 268 g/mol. The standard InChI is InChI=1S/C21H16O/c1-22-21-12-5-4-10-19(21)18-11-6-9-17-13-15-7-2-3-8-16(15)14-20(17)18/h2-14H,1H3. The lowest BCUT2D eigenvalue weighted by Crippen LogP contribution is -1.88. The number of methoxy groups -OCH3 is 1. The number of para-hydroxylation sites is 1. The topological polar surface area (TPSA) is 9.23 Å². The predicted octanol–water partition coefficient (Wildman–Crippen LogP) is 5.67. The van der Waals surface area contributed by atoms with Crippen molar-refractivity contribution in [3.05, 3.63) is 78.9 Å². The maximum Gasteiger partial charge on any atom is 0.126 e. The van der Waals surface area contributed by atoms with Crippen LogP contribution in [-0.2, 0) is 0 Å². The highest BCUT2D eigenvalue weighted by Gasteiger charge is 2.09. The van der Waals surface area contributed by atoms with Gasteiger partial charge in [-0.05, 0) is 45.3 Å². The van der Waals surface area contributed by atoms with Gasteiger partial charge < -0.3 is 4.74 Å². The van der Waals surface area contributed by atoms with E-state index in [9.17, 15) is 0 Å². The average molecular weight is 284 g/mol. The first-order valence-electron chi connectivity index (χ1n) is 7.42. The van der Waals surface area contributed by atoms with Crippen LogP contribution in [0.5, 0.6) is 5.75 Å². The third kappa shape index (κ3) is 2.03. The number of ether oxygens (including phenoxy) is 1. The van der Waals surface area contributed by atoms with E-state index in [0.29, 0.717) is 0 Å². The van der Waals surface area contributed by atoms with Crippen LogP contribution in [-0.4, -0.2) is 7.11 Å². The Labute approximate surface area is 129 Å². The molecule has 4 rings (SSSR count). The van der Waals surface area contributed by atoms with E-state index in [0.717, 1.165) is 11.3 Å². The number of hydrogen-bond donors (Lipinski definition) is 0. The molecule has 1 heteroatoms. The summed E-state index contributed by atoms with van der Waals surface area (Å²) in [4.78, 5) is 0. The van der Waals surface area contributed by atoms with Crippen LogP contribution < -0.4 is 4.74 Å².